The van der Waals surface area contributed by atoms with Crippen LogP contribution in [0.25, 0.3) is 28.2 Å². The molecule has 4 aromatic rings. The maximum Gasteiger partial charge on any atom is 0.267 e. The van der Waals surface area contributed by atoms with E-state index in [0.717, 1.165) is 4.31 Å². The molecule has 0 aliphatic rings. The molecule has 2 unspecified atom stereocenters. The molecule has 1 aromatic carbocycles. The van der Waals surface area contributed by atoms with E-state index in [0.29, 0.717) is 22.6 Å². The minimum absolute atomic E-state index is 0.0598. The van der Waals surface area contributed by atoms with Gasteiger partial charge in [0.2, 0.25) is 0 Å². The molecule has 1 N–H and O–H groups in total. The third kappa shape index (κ3) is 6.36. The normalized spacial score (nSPS) is 13.5. The molecule has 3 aromatic heterocycles. The molecule has 4 rings (SSSR count). The minimum atomic E-state index is -3.84. The van der Waals surface area contributed by atoms with Gasteiger partial charge in [-0.25, -0.2) is 22.6 Å². The zero-order chi connectivity index (χ0) is 29.9. The van der Waals surface area contributed by atoms with Gasteiger partial charge in [-0.2, -0.15) is 0 Å². The lowest BCUT2D eigenvalue weighted by molar-refractivity contribution is 0.167. The second kappa shape index (κ2) is 12.5. The van der Waals surface area contributed by atoms with Crippen molar-refractivity contribution in [3.05, 3.63) is 58.9 Å². The van der Waals surface area contributed by atoms with E-state index in [-0.39, 0.29) is 35.3 Å². The number of ether oxygens (including phenoxy) is 2. The molecule has 3 heterocycles. The summed E-state index contributed by atoms with van der Waals surface area (Å²) < 4.78 is 62.2. The minimum Gasteiger partial charge on any atom is -0.384 e. The van der Waals surface area contributed by atoms with Gasteiger partial charge in [0.15, 0.2) is 21.1 Å². The molecule has 0 radical (unpaired) electrons. The van der Waals surface area contributed by atoms with Crippen molar-refractivity contribution < 1.29 is 26.7 Å². The predicted molar refractivity (Wildman–Crippen MR) is 154 cm³/mol. The molecule has 0 saturated heterocycles. The van der Waals surface area contributed by atoms with Crippen molar-refractivity contribution in [2.24, 2.45) is 0 Å². The smallest absolute Gasteiger partial charge is 0.267 e. The Kier molecular flexibility index (Phi) is 9.28. The fourth-order valence-corrected chi connectivity index (χ4v) is 6.28. The third-order valence-corrected chi connectivity index (χ3v) is 9.02. The van der Waals surface area contributed by atoms with E-state index in [9.17, 15) is 22.0 Å². The van der Waals surface area contributed by atoms with Crippen LogP contribution in [0.2, 0.25) is 0 Å². The largest absolute Gasteiger partial charge is 0.384 e. The van der Waals surface area contributed by atoms with Crippen LogP contribution in [0.3, 0.4) is 0 Å². The Balaban J connectivity index is 1.78. The van der Waals surface area contributed by atoms with Crippen LogP contribution in [0.5, 0.6) is 0 Å². The summed E-state index contributed by atoms with van der Waals surface area (Å²) in [4.78, 5) is 22.7. The Morgan fingerprint density at radius 1 is 1.17 bits per heavy atom. The van der Waals surface area contributed by atoms with Crippen LogP contribution in [0.1, 0.15) is 25.5 Å². The molecule has 0 saturated carbocycles. The molecule has 2 atom stereocenters. The van der Waals surface area contributed by atoms with E-state index in [1.165, 1.54) is 31.2 Å². The van der Waals surface area contributed by atoms with Gasteiger partial charge in [-0.1, -0.05) is 6.07 Å². The Labute approximate surface area is 239 Å². The lowest BCUT2D eigenvalue weighted by Gasteiger charge is -2.26. The van der Waals surface area contributed by atoms with Crippen LogP contribution in [0.15, 0.2) is 47.8 Å². The Morgan fingerprint density at radius 2 is 1.93 bits per heavy atom. The summed E-state index contributed by atoms with van der Waals surface area (Å²) in [5.41, 5.74) is -0.372. The van der Waals surface area contributed by atoms with E-state index in [1.807, 2.05) is 18.4 Å². The quantitative estimate of drug-likeness (QED) is 0.234. The fourth-order valence-electron chi connectivity index (χ4n) is 4.23. The van der Waals surface area contributed by atoms with Gasteiger partial charge in [0.25, 0.3) is 16.8 Å². The van der Waals surface area contributed by atoms with Crippen LogP contribution in [-0.2, 0) is 30.6 Å². The number of aromatic nitrogens is 6. The van der Waals surface area contributed by atoms with E-state index < -0.39 is 38.6 Å². The molecular formula is C25H31N7O7S2. The first-order valence-corrected chi connectivity index (χ1v) is 15.3. The lowest BCUT2D eigenvalue weighted by atomic mass is 10.1. The zero-order valence-electron chi connectivity index (χ0n) is 23.2. The number of sulfone groups is 1. The SMILES string of the molecule is COCCS(=O)(=O)C(CN(c1cc2c(=O)n(-c3cccc(-c4nncn4C(C)C)n3)cnc2cc1C)S(=O)O)OC. The van der Waals surface area contributed by atoms with Crippen molar-refractivity contribution >= 4 is 37.7 Å². The summed E-state index contributed by atoms with van der Waals surface area (Å²) in [5, 5.41) is 8.28. The topological polar surface area (TPSA) is 172 Å². The van der Waals surface area contributed by atoms with Gasteiger partial charge in [0, 0.05) is 20.3 Å². The van der Waals surface area contributed by atoms with Gasteiger partial charge in [0.05, 0.1) is 35.5 Å². The average molecular weight is 606 g/mol. The maximum absolute atomic E-state index is 13.7. The molecular weight excluding hydrogens is 574 g/mol. The third-order valence-electron chi connectivity index (χ3n) is 6.42. The highest BCUT2D eigenvalue weighted by Crippen LogP contribution is 2.27. The van der Waals surface area contributed by atoms with Crippen molar-refractivity contribution in [1.82, 2.24) is 29.3 Å². The van der Waals surface area contributed by atoms with Gasteiger partial charge in [-0.05, 0) is 50.6 Å². The highest BCUT2D eigenvalue weighted by atomic mass is 32.2. The lowest BCUT2D eigenvalue weighted by Crippen LogP contribution is -2.41. The fraction of sp³-hybridized carbons (Fsp3) is 0.400. The Bertz CT molecular complexity index is 1740. The van der Waals surface area contributed by atoms with Gasteiger partial charge >= 0.3 is 0 Å². The highest BCUT2D eigenvalue weighted by molar-refractivity contribution is 7.92. The highest BCUT2D eigenvalue weighted by Gasteiger charge is 2.30. The summed E-state index contributed by atoms with van der Waals surface area (Å²) >= 11 is -2.64. The average Bonchev–Trinajstić information content (AvgIpc) is 3.43. The van der Waals surface area contributed by atoms with Gasteiger partial charge in [0.1, 0.15) is 24.2 Å². The summed E-state index contributed by atoms with van der Waals surface area (Å²) in [7, 11) is -1.27. The van der Waals surface area contributed by atoms with Gasteiger partial charge in [-0.3, -0.25) is 18.2 Å². The molecule has 0 spiro atoms. The number of hydrogen-bond donors (Lipinski definition) is 1. The standard InChI is InChI=1S/C25H31N7O7S2/c1-16(2)30-15-27-29-24(30)19-7-6-8-22(28-19)31-14-26-20-11-17(3)21(12-18(20)25(31)33)32(40(34)35)13-23(39-5)41(36,37)10-9-38-4/h6-8,11-12,14-16,23H,9-10,13H2,1-5H3,(H,34,35). The summed E-state index contributed by atoms with van der Waals surface area (Å²) in [6.45, 7) is 5.11. The Morgan fingerprint density at radius 3 is 2.59 bits per heavy atom. The second-order valence-corrected chi connectivity index (χ2v) is 12.6. The molecule has 41 heavy (non-hydrogen) atoms. The van der Waals surface area contributed by atoms with E-state index in [1.54, 1.807) is 37.5 Å². The first kappa shape index (κ1) is 30.4. The summed E-state index contributed by atoms with van der Waals surface area (Å²) in [6, 6.07) is 8.23. The van der Waals surface area contributed by atoms with Crippen molar-refractivity contribution in [2.75, 3.05) is 37.4 Å². The van der Waals surface area contributed by atoms with Gasteiger partial charge in [-0.15, -0.1) is 10.2 Å². The number of hydrogen-bond acceptors (Lipinski definition) is 10. The number of methoxy groups -OCH3 is 2. The number of rotatable bonds is 12. The monoisotopic (exact) mass is 605 g/mol. The number of nitrogens with zero attached hydrogens (tertiary/aromatic N) is 7. The van der Waals surface area contributed by atoms with E-state index in [2.05, 4.69) is 20.2 Å². The molecule has 220 valence electrons. The predicted octanol–water partition coefficient (Wildman–Crippen LogP) is 1.91. The molecule has 0 amide bonds. The van der Waals surface area contributed by atoms with E-state index >= 15 is 0 Å². The summed E-state index contributed by atoms with van der Waals surface area (Å²) in [6.07, 6.45) is 2.96. The number of aryl methyl sites for hydroxylation is 1. The van der Waals surface area contributed by atoms with E-state index in [4.69, 9.17) is 9.47 Å². The maximum atomic E-state index is 13.7. The van der Waals surface area contributed by atoms with Gasteiger partial charge < -0.3 is 14.0 Å². The number of fused-ring (bicyclic) bond motifs is 1. The van der Waals surface area contributed by atoms with Crippen molar-refractivity contribution in [3.63, 3.8) is 0 Å². The first-order valence-electron chi connectivity index (χ1n) is 12.5. The molecule has 0 fully saturated rings. The molecule has 0 bridgehead atoms. The molecule has 16 heteroatoms. The number of benzene rings is 1. The van der Waals surface area contributed by atoms with Crippen LogP contribution in [0, 0.1) is 6.92 Å². The number of anilines is 1. The molecule has 14 nitrogen and oxygen atoms in total. The Hall–Kier alpha value is -3.57. The zero-order valence-corrected chi connectivity index (χ0v) is 24.8. The van der Waals surface area contributed by atoms with Crippen molar-refractivity contribution in [1.29, 1.82) is 0 Å². The second-order valence-electron chi connectivity index (χ2n) is 9.43. The molecule has 0 aliphatic carbocycles. The van der Waals surface area contributed by atoms with Crippen LogP contribution < -0.4 is 9.86 Å². The van der Waals surface area contributed by atoms with Crippen LogP contribution in [0.4, 0.5) is 5.69 Å². The summed E-state index contributed by atoms with van der Waals surface area (Å²) in [5.74, 6) is 0.489. The molecule has 0 aliphatic heterocycles. The van der Waals surface area contributed by atoms with Crippen molar-refractivity contribution in [3.8, 4) is 17.3 Å². The first-order chi connectivity index (χ1) is 19.5. The van der Waals surface area contributed by atoms with Crippen molar-refractivity contribution in [2.45, 2.75) is 32.2 Å². The number of pyridine rings is 1. The van der Waals surface area contributed by atoms with Crippen LogP contribution >= 0.6 is 0 Å². The van der Waals surface area contributed by atoms with Crippen LogP contribution in [-0.4, -0.2) is 85.0 Å².